The summed E-state index contributed by atoms with van der Waals surface area (Å²) in [5, 5.41) is 12.0. The average Bonchev–Trinajstić information content (AvgIpc) is 3.27. The van der Waals surface area contributed by atoms with Crippen LogP contribution in [0.3, 0.4) is 0 Å². The second-order valence-electron chi connectivity index (χ2n) is 8.22. The minimum atomic E-state index is -4.00. The van der Waals surface area contributed by atoms with Crippen LogP contribution in [0.5, 0.6) is 0 Å². The minimum absolute atomic E-state index is 0.0321. The maximum atomic E-state index is 12.6. The Morgan fingerprint density at radius 1 is 0.914 bits per heavy atom. The molecule has 1 heterocycles. The van der Waals surface area contributed by atoms with E-state index in [9.17, 15) is 23.1 Å². The van der Waals surface area contributed by atoms with E-state index < -0.39 is 33.9 Å². The number of carboxylic acid groups (broad SMARTS) is 1. The number of sulfonamides is 1. The van der Waals surface area contributed by atoms with E-state index in [-0.39, 0.29) is 10.8 Å². The highest BCUT2D eigenvalue weighted by atomic mass is 32.2. The van der Waals surface area contributed by atoms with Crippen LogP contribution in [-0.2, 0) is 14.8 Å². The molecule has 1 atom stereocenters. The summed E-state index contributed by atoms with van der Waals surface area (Å²) in [5.74, 6) is -2.16. The van der Waals surface area contributed by atoms with E-state index in [0.29, 0.717) is 16.8 Å². The molecule has 1 amide bonds. The molecule has 0 fully saturated rings. The molecular formula is C25H23N3O6S. The van der Waals surface area contributed by atoms with Crippen LogP contribution in [0.2, 0.25) is 0 Å². The van der Waals surface area contributed by atoms with E-state index >= 15 is 0 Å². The third kappa shape index (κ3) is 5.39. The molecular weight excluding hydrogens is 470 g/mol. The number of aromatic nitrogens is 1. The molecule has 0 aliphatic carbocycles. The first kappa shape index (κ1) is 24.1. The first-order valence-electron chi connectivity index (χ1n) is 10.8. The van der Waals surface area contributed by atoms with Crippen molar-refractivity contribution in [1.29, 1.82) is 0 Å². The van der Waals surface area contributed by atoms with Gasteiger partial charge >= 0.3 is 11.9 Å². The number of hydrogen-bond acceptors (Lipinski definition) is 6. The average molecular weight is 494 g/mol. The quantitative estimate of drug-likeness (QED) is 0.335. The van der Waals surface area contributed by atoms with Crippen molar-refractivity contribution in [3.8, 4) is 11.1 Å². The van der Waals surface area contributed by atoms with Crippen LogP contribution in [0.4, 0.5) is 5.69 Å². The Labute approximate surface area is 201 Å². The van der Waals surface area contributed by atoms with Gasteiger partial charge in [-0.3, -0.25) is 9.59 Å². The Hall–Kier alpha value is -4.02. The van der Waals surface area contributed by atoms with E-state index in [0.717, 1.165) is 11.1 Å². The molecule has 0 aliphatic heterocycles. The lowest BCUT2D eigenvalue weighted by atomic mass is 10.1. The zero-order valence-corrected chi connectivity index (χ0v) is 19.7. The van der Waals surface area contributed by atoms with Crippen molar-refractivity contribution in [3.05, 3.63) is 78.7 Å². The van der Waals surface area contributed by atoms with Crippen LogP contribution < -0.4 is 10.0 Å². The number of carbonyl (C=O) groups is 2. The number of carboxylic acids is 1. The molecule has 4 aromatic rings. The van der Waals surface area contributed by atoms with Crippen LogP contribution >= 0.6 is 0 Å². The van der Waals surface area contributed by atoms with E-state index in [1.807, 2.05) is 6.07 Å². The molecule has 0 aliphatic rings. The molecule has 3 aromatic carbocycles. The van der Waals surface area contributed by atoms with Crippen LogP contribution in [-0.4, -0.2) is 36.4 Å². The Morgan fingerprint density at radius 2 is 1.51 bits per heavy atom. The van der Waals surface area contributed by atoms with Gasteiger partial charge in [0.2, 0.25) is 10.0 Å². The highest BCUT2D eigenvalue weighted by molar-refractivity contribution is 7.89. The topological polar surface area (TPSA) is 139 Å². The summed E-state index contributed by atoms with van der Waals surface area (Å²) >= 11 is 0. The van der Waals surface area contributed by atoms with Gasteiger partial charge in [0.25, 0.3) is 5.89 Å². The first-order valence-corrected chi connectivity index (χ1v) is 12.2. The molecule has 1 aromatic heterocycles. The van der Waals surface area contributed by atoms with Crippen molar-refractivity contribution in [2.24, 2.45) is 5.92 Å². The van der Waals surface area contributed by atoms with E-state index in [1.165, 1.54) is 12.1 Å². The van der Waals surface area contributed by atoms with Gasteiger partial charge < -0.3 is 14.8 Å². The van der Waals surface area contributed by atoms with Crippen molar-refractivity contribution in [3.63, 3.8) is 0 Å². The van der Waals surface area contributed by atoms with Crippen molar-refractivity contribution in [2.45, 2.75) is 24.8 Å². The number of aliphatic carboxylic acids is 1. The van der Waals surface area contributed by atoms with Crippen LogP contribution in [0.1, 0.15) is 24.5 Å². The maximum Gasteiger partial charge on any atom is 0.322 e. The van der Waals surface area contributed by atoms with Crippen molar-refractivity contribution < 1.29 is 27.5 Å². The first-order chi connectivity index (χ1) is 16.6. The number of benzene rings is 3. The number of nitrogens with zero attached hydrogens (tertiary/aromatic N) is 1. The number of carbonyl (C=O) groups excluding carboxylic acids is 1. The fraction of sp³-hybridized carbons (Fsp3) is 0.160. The molecule has 10 heteroatoms. The Balaban J connectivity index is 1.45. The summed E-state index contributed by atoms with van der Waals surface area (Å²) in [6.45, 7) is 3.26. The number of para-hydroxylation sites is 2. The van der Waals surface area contributed by atoms with Gasteiger partial charge in [0.1, 0.15) is 11.6 Å². The molecule has 1 unspecified atom stereocenters. The molecule has 0 bridgehead atoms. The molecule has 180 valence electrons. The van der Waals surface area contributed by atoms with Gasteiger partial charge in [-0.2, -0.15) is 4.72 Å². The third-order valence-electron chi connectivity index (χ3n) is 5.34. The van der Waals surface area contributed by atoms with Gasteiger partial charge in [0.05, 0.1) is 4.90 Å². The molecule has 35 heavy (non-hydrogen) atoms. The van der Waals surface area contributed by atoms with E-state index in [1.54, 1.807) is 68.4 Å². The van der Waals surface area contributed by atoms with Crippen LogP contribution in [0, 0.1) is 5.92 Å². The SMILES string of the molecule is CC(C)C(NS(=O)(=O)c1ccc(-c2ccc(NC(=O)c3nc4ccccc4o3)cc2)cc1)C(=O)O. The summed E-state index contributed by atoms with van der Waals surface area (Å²) in [6.07, 6.45) is 0. The predicted octanol–water partition coefficient (Wildman–Crippen LogP) is 4.13. The van der Waals surface area contributed by atoms with Crippen LogP contribution in [0.25, 0.3) is 22.2 Å². The van der Waals surface area contributed by atoms with Crippen LogP contribution in [0.15, 0.2) is 82.1 Å². The maximum absolute atomic E-state index is 12.6. The number of nitrogens with one attached hydrogen (secondary N) is 2. The van der Waals surface area contributed by atoms with Gasteiger partial charge in [-0.05, 0) is 53.4 Å². The molecule has 0 saturated carbocycles. The number of anilines is 1. The van der Waals surface area contributed by atoms with Crippen molar-refractivity contribution >= 4 is 38.7 Å². The molecule has 3 N–H and O–H groups in total. The summed E-state index contributed by atoms with van der Waals surface area (Å²) in [4.78, 5) is 27.9. The highest BCUT2D eigenvalue weighted by Crippen LogP contribution is 2.24. The number of fused-ring (bicyclic) bond motifs is 1. The lowest BCUT2D eigenvalue weighted by molar-refractivity contribution is -0.140. The number of rotatable bonds is 8. The molecule has 0 spiro atoms. The van der Waals surface area contributed by atoms with E-state index in [2.05, 4.69) is 15.0 Å². The molecule has 0 radical (unpaired) electrons. The number of oxazole rings is 1. The Kier molecular flexibility index (Phi) is 6.68. The molecule has 4 rings (SSSR count). The monoisotopic (exact) mass is 493 g/mol. The summed E-state index contributed by atoms with van der Waals surface area (Å²) in [7, 11) is -4.00. The van der Waals surface area contributed by atoms with Crippen molar-refractivity contribution in [1.82, 2.24) is 9.71 Å². The van der Waals surface area contributed by atoms with Gasteiger partial charge in [0, 0.05) is 5.69 Å². The smallest absolute Gasteiger partial charge is 0.322 e. The second kappa shape index (κ2) is 9.69. The molecule has 0 saturated heterocycles. The Bertz CT molecular complexity index is 1440. The highest BCUT2D eigenvalue weighted by Gasteiger charge is 2.28. The van der Waals surface area contributed by atoms with Gasteiger partial charge in [0.15, 0.2) is 5.58 Å². The largest absolute Gasteiger partial charge is 0.480 e. The standard InChI is InChI=1S/C25H23N3O6S/c1-15(2)22(25(30)31)28-35(32,33)19-13-9-17(10-14-19)16-7-11-18(12-8-16)26-23(29)24-27-20-5-3-4-6-21(20)34-24/h3-15,22,28H,1-2H3,(H,26,29)(H,30,31). The summed E-state index contributed by atoms with van der Waals surface area (Å²) in [6, 6.07) is 18.9. The zero-order chi connectivity index (χ0) is 25.2. The predicted molar refractivity (Wildman–Crippen MR) is 130 cm³/mol. The third-order valence-corrected chi connectivity index (χ3v) is 6.80. The summed E-state index contributed by atoms with van der Waals surface area (Å²) in [5.41, 5.74) is 3.21. The molecule has 9 nitrogen and oxygen atoms in total. The lowest BCUT2D eigenvalue weighted by Gasteiger charge is -2.18. The van der Waals surface area contributed by atoms with Crippen molar-refractivity contribution in [2.75, 3.05) is 5.32 Å². The van der Waals surface area contributed by atoms with Gasteiger partial charge in [-0.25, -0.2) is 13.4 Å². The fourth-order valence-electron chi connectivity index (χ4n) is 3.43. The minimum Gasteiger partial charge on any atom is -0.480 e. The fourth-order valence-corrected chi connectivity index (χ4v) is 4.77. The lowest BCUT2D eigenvalue weighted by Crippen LogP contribution is -2.44. The number of amides is 1. The summed E-state index contributed by atoms with van der Waals surface area (Å²) < 4.78 is 32.9. The Morgan fingerprint density at radius 3 is 2.09 bits per heavy atom. The van der Waals surface area contributed by atoms with E-state index in [4.69, 9.17) is 4.42 Å². The number of hydrogen-bond donors (Lipinski definition) is 3. The second-order valence-corrected chi connectivity index (χ2v) is 9.94. The normalized spacial score (nSPS) is 12.5. The zero-order valence-electron chi connectivity index (χ0n) is 18.9. The van der Waals surface area contributed by atoms with Gasteiger partial charge in [-0.1, -0.05) is 50.2 Å². The van der Waals surface area contributed by atoms with Gasteiger partial charge in [-0.15, -0.1) is 0 Å².